The van der Waals surface area contributed by atoms with Crippen LogP contribution < -0.4 is 16.2 Å². The maximum absolute atomic E-state index is 11.2. The highest BCUT2D eigenvalue weighted by Gasteiger charge is 2.18. The fourth-order valence-corrected chi connectivity index (χ4v) is 2.02. The molecule has 0 aliphatic heterocycles. The second kappa shape index (κ2) is 6.61. The number of ether oxygens (including phenoxy) is 1. The van der Waals surface area contributed by atoms with Gasteiger partial charge in [-0.2, -0.15) is 0 Å². The summed E-state index contributed by atoms with van der Waals surface area (Å²) in [6, 6.07) is 5.71. The molecular weight excluding hydrogens is 284 g/mol. The van der Waals surface area contributed by atoms with Gasteiger partial charge in [-0.25, -0.2) is 0 Å². The Morgan fingerprint density at radius 2 is 2.24 bits per heavy atom. The number of hydrogen-bond donors (Lipinski definition) is 2. The zero-order chi connectivity index (χ0) is 12.8. The Morgan fingerprint density at radius 1 is 1.53 bits per heavy atom. The molecule has 1 unspecified atom stereocenters. The van der Waals surface area contributed by atoms with Gasteiger partial charge in [0.25, 0.3) is 5.91 Å². The molecule has 0 aliphatic carbocycles. The summed E-state index contributed by atoms with van der Waals surface area (Å²) in [6.07, 6.45) is 0.633. The van der Waals surface area contributed by atoms with Gasteiger partial charge >= 0.3 is 0 Å². The van der Waals surface area contributed by atoms with Crippen LogP contribution in [0.1, 0.15) is 18.9 Å². The standard InChI is InChI=1S/C12H17BrN2O2/c1-2-10(12(15)16)17-11-8(6-7-14)4-3-5-9(11)13/h3-5,10H,2,6-7,14H2,1H3,(H2,15,16). The van der Waals surface area contributed by atoms with Crippen molar-refractivity contribution < 1.29 is 9.53 Å². The highest BCUT2D eigenvalue weighted by Crippen LogP contribution is 2.30. The highest BCUT2D eigenvalue weighted by atomic mass is 79.9. The van der Waals surface area contributed by atoms with Crippen molar-refractivity contribution in [1.29, 1.82) is 0 Å². The molecule has 0 radical (unpaired) electrons. The number of benzene rings is 1. The van der Waals surface area contributed by atoms with Crippen LogP contribution in [0.15, 0.2) is 22.7 Å². The Labute approximate surface area is 109 Å². The van der Waals surface area contributed by atoms with Crippen molar-refractivity contribution in [3.05, 3.63) is 28.2 Å². The second-order valence-corrected chi connectivity index (χ2v) is 4.54. The van der Waals surface area contributed by atoms with E-state index in [-0.39, 0.29) is 0 Å². The molecule has 0 bridgehead atoms. The molecule has 4 N–H and O–H groups in total. The van der Waals surface area contributed by atoms with Crippen LogP contribution >= 0.6 is 15.9 Å². The molecular formula is C12H17BrN2O2. The minimum absolute atomic E-state index is 0.457. The van der Waals surface area contributed by atoms with Crippen molar-refractivity contribution in [3.8, 4) is 5.75 Å². The summed E-state index contributed by atoms with van der Waals surface area (Å²) in [6.45, 7) is 2.38. The minimum Gasteiger partial charge on any atom is -0.479 e. The van der Waals surface area contributed by atoms with Gasteiger partial charge in [-0.05, 0) is 46.9 Å². The Bertz CT molecular complexity index is 396. The number of amides is 1. The van der Waals surface area contributed by atoms with Crippen molar-refractivity contribution in [3.63, 3.8) is 0 Å². The number of hydrogen-bond acceptors (Lipinski definition) is 3. The third-order valence-corrected chi connectivity index (χ3v) is 3.03. The number of carbonyl (C=O) groups excluding carboxylic acids is 1. The predicted octanol–water partition coefficient (Wildman–Crippen LogP) is 1.59. The molecule has 0 aromatic heterocycles. The van der Waals surface area contributed by atoms with E-state index in [1.807, 2.05) is 25.1 Å². The van der Waals surface area contributed by atoms with Crippen LogP contribution in [0, 0.1) is 0 Å². The van der Waals surface area contributed by atoms with Crippen LogP contribution in [0.25, 0.3) is 0 Å². The Morgan fingerprint density at radius 3 is 2.76 bits per heavy atom. The van der Waals surface area contributed by atoms with E-state index in [9.17, 15) is 4.79 Å². The van der Waals surface area contributed by atoms with Gasteiger partial charge in [0, 0.05) is 0 Å². The minimum atomic E-state index is -0.606. The fourth-order valence-electron chi connectivity index (χ4n) is 1.52. The van der Waals surface area contributed by atoms with Crippen LogP contribution in [0.3, 0.4) is 0 Å². The molecule has 0 aliphatic rings. The van der Waals surface area contributed by atoms with Crippen LogP contribution in [0.4, 0.5) is 0 Å². The number of halogens is 1. The Balaban J connectivity index is 2.98. The number of para-hydroxylation sites is 1. The first-order valence-electron chi connectivity index (χ1n) is 5.53. The lowest BCUT2D eigenvalue weighted by Gasteiger charge is -2.18. The average molecular weight is 301 g/mol. The maximum Gasteiger partial charge on any atom is 0.258 e. The monoisotopic (exact) mass is 300 g/mol. The first kappa shape index (κ1) is 14.0. The van der Waals surface area contributed by atoms with Crippen LogP contribution in [0.2, 0.25) is 0 Å². The second-order valence-electron chi connectivity index (χ2n) is 3.68. The van der Waals surface area contributed by atoms with Gasteiger partial charge in [0.2, 0.25) is 0 Å². The summed E-state index contributed by atoms with van der Waals surface area (Å²) in [4.78, 5) is 11.2. The summed E-state index contributed by atoms with van der Waals surface area (Å²) in [7, 11) is 0. The van der Waals surface area contributed by atoms with Gasteiger partial charge in [-0.1, -0.05) is 19.1 Å². The van der Waals surface area contributed by atoms with Crippen molar-refractivity contribution in [2.24, 2.45) is 11.5 Å². The SMILES string of the molecule is CCC(Oc1c(Br)cccc1CCN)C(N)=O. The van der Waals surface area contributed by atoms with E-state index >= 15 is 0 Å². The molecule has 1 amide bonds. The zero-order valence-electron chi connectivity index (χ0n) is 9.78. The topological polar surface area (TPSA) is 78.3 Å². The summed E-state index contributed by atoms with van der Waals surface area (Å²) < 4.78 is 6.47. The van der Waals surface area contributed by atoms with E-state index in [0.29, 0.717) is 25.1 Å². The average Bonchev–Trinajstić information content (AvgIpc) is 2.28. The number of carbonyl (C=O) groups is 1. The Kier molecular flexibility index (Phi) is 5.44. The normalized spacial score (nSPS) is 12.2. The van der Waals surface area contributed by atoms with Crippen molar-refractivity contribution >= 4 is 21.8 Å². The summed E-state index contributed by atoms with van der Waals surface area (Å²) >= 11 is 3.41. The molecule has 1 atom stereocenters. The number of rotatable bonds is 6. The van der Waals surface area contributed by atoms with E-state index in [2.05, 4.69) is 15.9 Å². The summed E-state index contributed by atoms with van der Waals surface area (Å²) in [5.41, 5.74) is 11.8. The van der Waals surface area contributed by atoms with E-state index in [1.165, 1.54) is 0 Å². The molecule has 17 heavy (non-hydrogen) atoms. The van der Waals surface area contributed by atoms with E-state index in [1.54, 1.807) is 0 Å². The summed E-state index contributed by atoms with van der Waals surface area (Å²) in [5.74, 6) is 0.200. The molecule has 94 valence electrons. The van der Waals surface area contributed by atoms with E-state index < -0.39 is 12.0 Å². The first-order chi connectivity index (χ1) is 8.10. The molecule has 1 rings (SSSR count). The van der Waals surface area contributed by atoms with Crippen molar-refractivity contribution in [2.45, 2.75) is 25.9 Å². The van der Waals surface area contributed by atoms with E-state index in [4.69, 9.17) is 16.2 Å². The third-order valence-electron chi connectivity index (χ3n) is 2.41. The predicted molar refractivity (Wildman–Crippen MR) is 70.8 cm³/mol. The van der Waals surface area contributed by atoms with Gasteiger partial charge in [0.05, 0.1) is 4.47 Å². The number of primary amides is 1. The van der Waals surface area contributed by atoms with Gasteiger partial charge in [0.1, 0.15) is 5.75 Å². The molecule has 0 fully saturated rings. The molecule has 0 spiro atoms. The molecule has 0 saturated heterocycles. The lowest BCUT2D eigenvalue weighted by Crippen LogP contribution is -2.33. The maximum atomic E-state index is 11.2. The smallest absolute Gasteiger partial charge is 0.258 e. The highest BCUT2D eigenvalue weighted by molar-refractivity contribution is 9.10. The number of nitrogens with two attached hydrogens (primary N) is 2. The van der Waals surface area contributed by atoms with E-state index in [0.717, 1.165) is 10.0 Å². The Hall–Kier alpha value is -1.07. The quantitative estimate of drug-likeness (QED) is 0.837. The lowest BCUT2D eigenvalue weighted by atomic mass is 10.1. The third kappa shape index (κ3) is 3.71. The fraction of sp³-hybridized carbons (Fsp3) is 0.417. The molecule has 4 nitrogen and oxygen atoms in total. The van der Waals surface area contributed by atoms with Gasteiger partial charge in [-0.15, -0.1) is 0 Å². The van der Waals surface area contributed by atoms with Crippen LogP contribution in [-0.2, 0) is 11.2 Å². The molecule has 1 aromatic carbocycles. The van der Waals surface area contributed by atoms with Crippen molar-refractivity contribution in [1.82, 2.24) is 0 Å². The first-order valence-corrected chi connectivity index (χ1v) is 6.32. The molecule has 0 heterocycles. The van der Waals surface area contributed by atoms with Gasteiger partial charge in [0.15, 0.2) is 6.10 Å². The molecule has 1 aromatic rings. The molecule has 0 saturated carbocycles. The molecule has 5 heteroatoms. The van der Waals surface area contributed by atoms with Crippen molar-refractivity contribution in [2.75, 3.05) is 6.54 Å². The lowest BCUT2D eigenvalue weighted by molar-refractivity contribution is -0.124. The zero-order valence-corrected chi connectivity index (χ0v) is 11.4. The van der Waals surface area contributed by atoms with Crippen LogP contribution in [0.5, 0.6) is 5.75 Å². The summed E-state index contributed by atoms with van der Waals surface area (Å²) in [5, 5.41) is 0. The van der Waals surface area contributed by atoms with Crippen LogP contribution in [-0.4, -0.2) is 18.6 Å². The largest absolute Gasteiger partial charge is 0.479 e. The van der Waals surface area contributed by atoms with Gasteiger partial charge in [-0.3, -0.25) is 4.79 Å². The van der Waals surface area contributed by atoms with Gasteiger partial charge < -0.3 is 16.2 Å².